The van der Waals surface area contributed by atoms with Gasteiger partial charge in [-0.1, -0.05) is 19.0 Å². The van der Waals surface area contributed by atoms with Gasteiger partial charge in [0, 0.05) is 44.0 Å². The minimum atomic E-state index is 0.185. The molecule has 6 nitrogen and oxygen atoms in total. The Kier molecular flexibility index (Phi) is 5.08. The van der Waals surface area contributed by atoms with Crippen molar-refractivity contribution in [3.63, 3.8) is 0 Å². The summed E-state index contributed by atoms with van der Waals surface area (Å²) in [5.41, 5.74) is 1.20. The summed E-state index contributed by atoms with van der Waals surface area (Å²) >= 11 is 1.78. The standard InChI is InChI=1S/C16H25N5OS/c1-11(2)16-18-14(10-23-16)9-20-5-7-21(8-6-20)12(3)15-17-13(4)19-22-15/h10-12H,5-9H2,1-4H3/t12-/m0/s1. The summed E-state index contributed by atoms with van der Waals surface area (Å²) in [7, 11) is 0. The quantitative estimate of drug-likeness (QED) is 0.837. The Labute approximate surface area is 141 Å². The molecule has 3 heterocycles. The minimum Gasteiger partial charge on any atom is -0.338 e. The number of thiazole rings is 1. The normalized spacial score (nSPS) is 18.7. The molecule has 1 atom stereocenters. The van der Waals surface area contributed by atoms with E-state index in [1.54, 1.807) is 11.3 Å². The molecule has 1 fully saturated rings. The molecule has 0 spiro atoms. The van der Waals surface area contributed by atoms with E-state index in [9.17, 15) is 0 Å². The summed E-state index contributed by atoms with van der Waals surface area (Å²) in [5, 5.41) is 7.32. The van der Waals surface area contributed by atoms with Crippen LogP contribution in [0.1, 0.15) is 55.1 Å². The van der Waals surface area contributed by atoms with E-state index in [2.05, 4.69) is 46.1 Å². The molecule has 1 saturated heterocycles. The van der Waals surface area contributed by atoms with E-state index in [-0.39, 0.29) is 6.04 Å². The van der Waals surface area contributed by atoms with Crippen molar-refractivity contribution in [1.29, 1.82) is 0 Å². The summed E-state index contributed by atoms with van der Waals surface area (Å²) in [5.74, 6) is 1.94. The molecule has 0 radical (unpaired) electrons. The van der Waals surface area contributed by atoms with Crippen molar-refractivity contribution >= 4 is 11.3 Å². The van der Waals surface area contributed by atoms with Gasteiger partial charge in [-0.05, 0) is 13.8 Å². The van der Waals surface area contributed by atoms with Crippen molar-refractivity contribution in [2.24, 2.45) is 0 Å². The largest absolute Gasteiger partial charge is 0.338 e. The van der Waals surface area contributed by atoms with Gasteiger partial charge in [0.15, 0.2) is 5.82 Å². The third kappa shape index (κ3) is 3.97. The molecule has 0 bridgehead atoms. The van der Waals surface area contributed by atoms with Crippen LogP contribution in [-0.2, 0) is 6.54 Å². The van der Waals surface area contributed by atoms with E-state index in [1.807, 2.05) is 6.92 Å². The number of rotatable bonds is 5. The number of aromatic nitrogens is 3. The average Bonchev–Trinajstić information content (AvgIpc) is 3.16. The number of hydrogen-bond acceptors (Lipinski definition) is 7. The highest BCUT2D eigenvalue weighted by Gasteiger charge is 2.25. The van der Waals surface area contributed by atoms with E-state index in [1.165, 1.54) is 10.7 Å². The first kappa shape index (κ1) is 16.5. The van der Waals surface area contributed by atoms with Crippen LogP contribution in [0.3, 0.4) is 0 Å². The molecule has 1 aliphatic rings. The molecule has 0 aromatic carbocycles. The van der Waals surface area contributed by atoms with Crippen molar-refractivity contribution in [3.05, 3.63) is 27.8 Å². The highest BCUT2D eigenvalue weighted by atomic mass is 32.1. The van der Waals surface area contributed by atoms with Crippen LogP contribution in [0.25, 0.3) is 0 Å². The van der Waals surface area contributed by atoms with Crippen LogP contribution in [0.5, 0.6) is 0 Å². The molecule has 0 N–H and O–H groups in total. The minimum absolute atomic E-state index is 0.185. The van der Waals surface area contributed by atoms with Crippen molar-refractivity contribution in [1.82, 2.24) is 24.9 Å². The maximum atomic E-state index is 5.30. The number of aryl methyl sites for hydroxylation is 1. The lowest BCUT2D eigenvalue weighted by Crippen LogP contribution is -2.46. The second-order valence-corrected chi connectivity index (χ2v) is 7.39. The fraction of sp³-hybridized carbons (Fsp3) is 0.688. The Bertz CT molecular complexity index is 630. The van der Waals surface area contributed by atoms with Crippen LogP contribution < -0.4 is 0 Å². The second-order valence-electron chi connectivity index (χ2n) is 6.50. The zero-order valence-corrected chi connectivity index (χ0v) is 15.1. The van der Waals surface area contributed by atoms with E-state index in [0.717, 1.165) is 38.6 Å². The van der Waals surface area contributed by atoms with E-state index >= 15 is 0 Å². The zero-order valence-electron chi connectivity index (χ0n) is 14.3. The van der Waals surface area contributed by atoms with Crippen molar-refractivity contribution in [3.8, 4) is 0 Å². The Balaban J connectivity index is 1.51. The fourth-order valence-electron chi connectivity index (χ4n) is 2.84. The van der Waals surface area contributed by atoms with Crippen LogP contribution in [0, 0.1) is 6.92 Å². The molecule has 0 aliphatic carbocycles. The second kappa shape index (κ2) is 7.07. The highest BCUT2D eigenvalue weighted by molar-refractivity contribution is 7.09. The average molecular weight is 335 g/mol. The zero-order chi connectivity index (χ0) is 16.4. The Morgan fingerprint density at radius 2 is 1.91 bits per heavy atom. The molecule has 0 unspecified atom stereocenters. The Hall–Kier alpha value is -1.31. The predicted octanol–water partition coefficient (Wildman–Crippen LogP) is 2.84. The first-order valence-electron chi connectivity index (χ1n) is 8.24. The molecule has 126 valence electrons. The van der Waals surface area contributed by atoms with Crippen molar-refractivity contribution < 1.29 is 4.52 Å². The third-order valence-electron chi connectivity index (χ3n) is 4.30. The SMILES string of the molecule is Cc1noc([C@H](C)N2CCN(Cc3csc(C(C)C)n3)CC2)n1. The van der Waals surface area contributed by atoms with Gasteiger partial charge in [0.05, 0.1) is 16.7 Å². The van der Waals surface area contributed by atoms with Gasteiger partial charge in [0.25, 0.3) is 0 Å². The van der Waals surface area contributed by atoms with Gasteiger partial charge in [0.1, 0.15) is 0 Å². The lowest BCUT2D eigenvalue weighted by molar-refractivity contribution is 0.0839. The first-order chi connectivity index (χ1) is 11.0. The molecule has 0 saturated carbocycles. The third-order valence-corrected chi connectivity index (χ3v) is 5.50. The van der Waals surface area contributed by atoms with Crippen LogP contribution in [0.2, 0.25) is 0 Å². The molecular weight excluding hydrogens is 310 g/mol. The Morgan fingerprint density at radius 3 is 2.48 bits per heavy atom. The van der Waals surface area contributed by atoms with Gasteiger partial charge in [-0.15, -0.1) is 11.3 Å². The monoisotopic (exact) mass is 335 g/mol. The molecule has 7 heteroatoms. The lowest BCUT2D eigenvalue weighted by atomic mass is 10.2. The van der Waals surface area contributed by atoms with E-state index in [0.29, 0.717) is 11.7 Å². The van der Waals surface area contributed by atoms with Crippen LogP contribution in [0.4, 0.5) is 0 Å². The number of nitrogens with zero attached hydrogens (tertiary/aromatic N) is 5. The maximum Gasteiger partial charge on any atom is 0.243 e. The maximum absolute atomic E-state index is 5.30. The molecule has 2 aromatic rings. The highest BCUT2D eigenvalue weighted by Crippen LogP contribution is 2.22. The van der Waals surface area contributed by atoms with Crippen molar-refractivity contribution in [2.75, 3.05) is 26.2 Å². The molecule has 2 aromatic heterocycles. The summed E-state index contributed by atoms with van der Waals surface area (Å²) in [6.07, 6.45) is 0. The van der Waals surface area contributed by atoms with Crippen LogP contribution in [-0.4, -0.2) is 51.1 Å². The topological polar surface area (TPSA) is 58.3 Å². The number of hydrogen-bond donors (Lipinski definition) is 0. The van der Waals surface area contributed by atoms with Gasteiger partial charge in [-0.3, -0.25) is 9.80 Å². The Morgan fingerprint density at radius 1 is 1.17 bits per heavy atom. The van der Waals surface area contributed by atoms with E-state index < -0.39 is 0 Å². The predicted molar refractivity (Wildman–Crippen MR) is 90.5 cm³/mol. The summed E-state index contributed by atoms with van der Waals surface area (Å²) in [4.78, 5) is 14.0. The number of piperazine rings is 1. The van der Waals surface area contributed by atoms with Gasteiger partial charge in [-0.25, -0.2) is 4.98 Å². The molecular formula is C16H25N5OS. The summed E-state index contributed by atoms with van der Waals surface area (Å²) in [6.45, 7) is 13.5. The molecule has 3 rings (SSSR count). The summed E-state index contributed by atoms with van der Waals surface area (Å²) < 4.78 is 5.30. The van der Waals surface area contributed by atoms with Gasteiger partial charge >= 0.3 is 0 Å². The molecule has 0 amide bonds. The molecule has 1 aliphatic heterocycles. The lowest BCUT2D eigenvalue weighted by Gasteiger charge is -2.36. The van der Waals surface area contributed by atoms with Crippen LogP contribution in [0.15, 0.2) is 9.90 Å². The van der Waals surface area contributed by atoms with Gasteiger partial charge in [-0.2, -0.15) is 4.98 Å². The van der Waals surface area contributed by atoms with E-state index in [4.69, 9.17) is 9.51 Å². The fourth-order valence-corrected chi connectivity index (χ4v) is 3.66. The van der Waals surface area contributed by atoms with Gasteiger partial charge < -0.3 is 4.52 Å². The molecule has 23 heavy (non-hydrogen) atoms. The van der Waals surface area contributed by atoms with Crippen molar-refractivity contribution in [2.45, 2.75) is 46.2 Å². The smallest absolute Gasteiger partial charge is 0.243 e. The summed E-state index contributed by atoms with van der Waals surface area (Å²) in [6, 6.07) is 0.185. The van der Waals surface area contributed by atoms with Gasteiger partial charge in [0.2, 0.25) is 5.89 Å². The first-order valence-corrected chi connectivity index (χ1v) is 9.12. The van der Waals surface area contributed by atoms with Crippen LogP contribution >= 0.6 is 11.3 Å².